The van der Waals surface area contributed by atoms with Crippen LogP contribution < -0.4 is 21.3 Å². The van der Waals surface area contributed by atoms with Crippen molar-refractivity contribution in [2.75, 3.05) is 43.4 Å². The summed E-state index contributed by atoms with van der Waals surface area (Å²) in [4.78, 5) is 14.6. The SMILES string of the molecule is CCCNC(=O)c1sc(N2CCNCC2)c(C#N)c1N. The van der Waals surface area contributed by atoms with Gasteiger partial charge in [-0.1, -0.05) is 6.92 Å². The summed E-state index contributed by atoms with van der Waals surface area (Å²) in [5.41, 5.74) is 6.71. The zero-order valence-corrected chi connectivity index (χ0v) is 12.3. The van der Waals surface area contributed by atoms with Crippen molar-refractivity contribution < 1.29 is 4.79 Å². The van der Waals surface area contributed by atoms with Crippen molar-refractivity contribution in [3.63, 3.8) is 0 Å². The predicted octanol–water partition coefficient (Wildman–Crippen LogP) is 0.751. The first-order valence-electron chi connectivity index (χ1n) is 6.75. The number of nitrogens with zero attached hydrogens (tertiary/aromatic N) is 2. The van der Waals surface area contributed by atoms with E-state index in [1.807, 2.05) is 6.92 Å². The number of anilines is 2. The molecule has 0 spiro atoms. The second-order valence-corrected chi connectivity index (χ2v) is 5.63. The Hall–Kier alpha value is -1.78. The van der Waals surface area contributed by atoms with E-state index in [1.54, 1.807) is 0 Å². The van der Waals surface area contributed by atoms with E-state index in [4.69, 9.17) is 5.73 Å². The first kappa shape index (κ1) is 14.6. The lowest BCUT2D eigenvalue weighted by molar-refractivity contribution is 0.0958. The second kappa shape index (κ2) is 6.59. The monoisotopic (exact) mass is 293 g/mol. The maximum Gasteiger partial charge on any atom is 0.263 e. The number of carbonyl (C=O) groups excluding carboxylic acids is 1. The Bertz CT molecular complexity index is 528. The third kappa shape index (κ3) is 2.86. The first-order valence-corrected chi connectivity index (χ1v) is 7.56. The molecule has 0 bridgehead atoms. The summed E-state index contributed by atoms with van der Waals surface area (Å²) in [6.45, 7) is 6.00. The number of rotatable bonds is 4. The zero-order valence-electron chi connectivity index (χ0n) is 11.5. The Morgan fingerprint density at radius 3 is 2.85 bits per heavy atom. The topological polar surface area (TPSA) is 94.2 Å². The minimum absolute atomic E-state index is 0.188. The maximum absolute atomic E-state index is 12.1. The Morgan fingerprint density at radius 2 is 2.25 bits per heavy atom. The smallest absolute Gasteiger partial charge is 0.263 e. The summed E-state index contributed by atoms with van der Waals surface area (Å²) < 4.78 is 0. The highest BCUT2D eigenvalue weighted by atomic mass is 32.1. The molecule has 0 aromatic carbocycles. The van der Waals surface area contributed by atoms with Gasteiger partial charge in [-0.3, -0.25) is 4.79 Å². The fourth-order valence-corrected chi connectivity index (χ4v) is 3.26. The molecule has 6 nitrogen and oxygen atoms in total. The number of nitrogens with one attached hydrogen (secondary N) is 2. The number of amides is 1. The van der Waals surface area contributed by atoms with E-state index in [0.717, 1.165) is 37.6 Å². The van der Waals surface area contributed by atoms with Crippen LogP contribution in [-0.2, 0) is 0 Å². The molecule has 0 unspecified atom stereocenters. The van der Waals surface area contributed by atoms with Crippen LogP contribution >= 0.6 is 11.3 Å². The maximum atomic E-state index is 12.1. The van der Waals surface area contributed by atoms with E-state index >= 15 is 0 Å². The van der Waals surface area contributed by atoms with Crippen LogP contribution in [0, 0.1) is 11.3 Å². The minimum Gasteiger partial charge on any atom is -0.396 e. The number of piperazine rings is 1. The van der Waals surface area contributed by atoms with Gasteiger partial charge in [0.15, 0.2) is 0 Å². The van der Waals surface area contributed by atoms with Gasteiger partial charge in [-0.05, 0) is 6.42 Å². The molecule has 7 heteroatoms. The lowest BCUT2D eigenvalue weighted by atomic mass is 10.2. The van der Waals surface area contributed by atoms with Crippen LogP contribution in [0.25, 0.3) is 0 Å². The van der Waals surface area contributed by atoms with Gasteiger partial charge in [0, 0.05) is 32.7 Å². The highest BCUT2D eigenvalue weighted by molar-refractivity contribution is 7.19. The third-order valence-electron chi connectivity index (χ3n) is 3.18. The molecule has 0 aliphatic carbocycles. The Kier molecular flexibility index (Phi) is 4.82. The molecular formula is C13H19N5OS. The number of carbonyl (C=O) groups is 1. The lowest BCUT2D eigenvalue weighted by Gasteiger charge is -2.28. The molecule has 1 aromatic heterocycles. The molecule has 1 amide bonds. The van der Waals surface area contributed by atoms with Gasteiger partial charge in [0.1, 0.15) is 21.5 Å². The van der Waals surface area contributed by atoms with Crippen LogP contribution in [0.5, 0.6) is 0 Å². The first-order chi connectivity index (χ1) is 9.69. The van der Waals surface area contributed by atoms with Crippen molar-refractivity contribution in [1.82, 2.24) is 10.6 Å². The average molecular weight is 293 g/mol. The number of nitrogen functional groups attached to an aromatic ring is 1. The third-order valence-corrected chi connectivity index (χ3v) is 4.45. The molecule has 1 aliphatic heterocycles. The highest BCUT2D eigenvalue weighted by Gasteiger charge is 2.24. The number of hydrogen-bond acceptors (Lipinski definition) is 6. The van der Waals surface area contributed by atoms with Gasteiger partial charge in [-0.2, -0.15) is 5.26 Å². The highest BCUT2D eigenvalue weighted by Crippen LogP contribution is 2.37. The van der Waals surface area contributed by atoms with E-state index in [0.29, 0.717) is 22.7 Å². The van der Waals surface area contributed by atoms with Crippen LogP contribution in [-0.4, -0.2) is 38.6 Å². The minimum atomic E-state index is -0.188. The van der Waals surface area contributed by atoms with Gasteiger partial charge in [0.05, 0.1) is 5.69 Å². The molecule has 20 heavy (non-hydrogen) atoms. The van der Waals surface area contributed by atoms with Crippen LogP contribution in [0.15, 0.2) is 0 Å². The van der Waals surface area contributed by atoms with Crippen LogP contribution in [0.2, 0.25) is 0 Å². The fourth-order valence-electron chi connectivity index (χ4n) is 2.12. The van der Waals surface area contributed by atoms with Crippen LogP contribution in [0.1, 0.15) is 28.6 Å². The molecule has 2 rings (SSSR count). The Labute approximate surface area is 122 Å². The van der Waals surface area contributed by atoms with Gasteiger partial charge in [0.25, 0.3) is 5.91 Å². The molecule has 0 saturated carbocycles. The Balaban J connectivity index is 2.29. The molecule has 1 aliphatic rings. The van der Waals surface area contributed by atoms with E-state index in [-0.39, 0.29) is 5.91 Å². The average Bonchev–Trinajstić information content (AvgIpc) is 2.82. The van der Waals surface area contributed by atoms with Gasteiger partial charge in [-0.15, -0.1) is 11.3 Å². The van der Waals surface area contributed by atoms with E-state index in [2.05, 4.69) is 21.6 Å². The summed E-state index contributed by atoms with van der Waals surface area (Å²) in [5, 5.41) is 16.2. The largest absolute Gasteiger partial charge is 0.396 e. The standard InChI is InChI=1S/C13H19N5OS/c1-2-3-17-12(19)11-10(15)9(8-14)13(20-11)18-6-4-16-5-7-18/h16H,2-7,15H2,1H3,(H,17,19). The summed E-state index contributed by atoms with van der Waals surface area (Å²) in [7, 11) is 0. The summed E-state index contributed by atoms with van der Waals surface area (Å²) >= 11 is 1.31. The fraction of sp³-hybridized carbons (Fsp3) is 0.538. The van der Waals surface area contributed by atoms with Gasteiger partial charge in [0.2, 0.25) is 0 Å². The van der Waals surface area contributed by atoms with Crippen molar-refractivity contribution in [3.8, 4) is 6.07 Å². The normalized spacial score (nSPS) is 14.9. The molecule has 2 heterocycles. The summed E-state index contributed by atoms with van der Waals surface area (Å²) in [6, 6.07) is 2.14. The molecular weight excluding hydrogens is 274 g/mol. The van der Waals surface area contributed by atoms with Gasteiger partial charge in [-0.25, -0.2) is 0 Å². The van der Waals surface area contributed by atoms with Crippen molar-refractivity contribution >= 4 is 27.9 Å². The molecule has 0 radical (unpaired) electrons. The summed E-state index contributed by atoms with van der Waals surface area (Å²) in [5.74, 6) is -0.188. The van der Waals surface area contributed by atoms with Gasteiger partial charge < -0.3 is 21.3 Å². The second-order valence-electron chi connectivity index (χ2n) is 4.63. The molecule has 4 N–H and O–H groups in total. The quantitative estimate of drug-likeness (QED) is 0.761. The molecule has 1 aromatic rings. The van der Waals surface area contributed by atoms with Crippen molar-refractivity contribution in [3.05, 3.63) is 10.4 Å². The van der Waals surface area contributed by atoms with Crippen molar-refractivity contribution in [1.29, 1.82) is 5.26 Å². The van der Waals surface area contributed by atoms with Crippen LogP contribution in [0.3, 0.4) is 0 Å². The van der Waals surface area contributed by atoms with Crippen LogP contribution in [0.4, 0.5) is 10.7 Å². The van der Waals surface area contributed by atoms with Gasteiger partial charge >= 0.3 is 0 Å². The number of hydrogen-bond donors (Lipinski definition) is 3. The van der Waals surface area contributed by atoms with Crippen molar-refractivity contribution in [2.24, 2.45) is 0 Å². The number of thiophene rings is 1. The molecule has 108 valence electrons. The molecule has 0 atom stereocenters. The van der Waals surface area contributed by atoms with E-state index < -0.39 is 0 Å². The molecule has 1 fully saturated rings. The molecule has 1 saturated heterocycles. The number of nitrogens with two attached hydrogens (primary N) is 1. The Morgan fingerprint density at radius 1 is 1.55 bits per heavy atom. The summed E-state index contributed by atoms with van der Waals surface area (Å²) in [6.07, 6.45) is 0.868. The van der Waals surface area contributed by atoms with E-state index in [1.165, 1.54) is 11.3 Å². The van der Waals surface area contributed by atoms with Crippen molar-refractivity contribution in [2.45, 2.75) is 13.3 Å². The zero-order chi connectivity index (χ0) is 14.5. The number of nitriles is 1. The van der Waals surface area contributed by atoms with E-state index in [9.17, 15) is 10.1 Å². The lowest BCUT2D eigenvalue weighted by Crippen LogP contribution is -2.43. The predicted molar refractivity (Wildman–Crippen MR) is 81.2 cm³/mol.